The number of amides is 1. The van der Waals surface area contributed by atoms with E-state index < -0.39 is 5.54 Å². The van der Waals surface area contributed by atoms with E-state index in [1.807, 2.05) is 6.92 Å². The largest absolute Gasteiger partial charge is 0.368 e. The normalized spacial score (nSPS) is 14.9. The summed E-state index contributed by atoms with van der Waals surface area (Å²) >= 11 is 0. The van der Waals surface area contributed by atoms with E-state index in [-0.39, 0.29) is 5.91 Å². The van der Waals surface area contributed by atoms with Crippen molar-refractivity contribution in [2.24, 2.45) is 11.7 Å². The second-order valence-corrected chi connectivity index (χ2v) is 6.87. The number of carbonyl (C=O) groups excluding carboxylic acids is 1. The van der Waals surface area contributed by atoms with Gasteiger partial charge in [0.25, 0.3) is 0 Å². The zero-order valence-corrected chi connectivity index (χ0v) is 14.9. The summed E-state index contributed by atoms with van der Waals surface area (Å²) in [4.78, 5) is 16.4. The number of carbonyl (C=O) groups is 1. The Morgan fingerprint density at radius 3 is 2.29 bits per heavy atom. The molecule has 0 heterocycles. The van der Waals surface area contributed by atoms with Crippen LogP contribution in [-0.4, -0.2) is 68.1 Å². The maximum absolute atomic E-state index is 11.8. The lowest BCUT2D eigenvalue weighted by atomic mass is 9.96. The van der Waals surface area contributed by atoms with Crippen molar-refractivity contribution in [2.45, 2.75) is 46.1 Å². The van der Waals surface area contributed by atoms with Crippen LogP contribution < -0.4 is 11.1 Å². The molecule has 0 bridgehead atoms. The molecule has 0 rings (SSSR count). The van der Waals surface area contributed by atoms with Gasteiger partial charge in [0.05, 0.1) is 5.54 Å². The average molecular weight is 300 g/mol. The molecule has 0 aliphatic heterocycles. The first-order valence-electron chi connectivity index (χ1n) is 8.13. The molecule has 0 saturated carbocycles. The molecule has 3 N–H and O–H groups in total. The quantitative estimate of drug-likeness (QED) is 0.567. The first-order valence-corrected chi connectivity index (χ1v) is 8.13. The molecule has 126 valence electrons. The van der Waals surface area contributed by atoms with E-state index in [4.69, 9.17) is 5.73 Å². The number of nitrogens with one attached hydrogen (secondary N) is 1. The number of nitrogens with two attached hydrogens (primary N) is 1. The van der Waals surface area contributed by atoms with E-state index in [1.54, 1.807) is 0 Å². The Kier molecular flexibility index (Phi) is 9.83. The molecular weight excluding hydrogens is 264 g/mol. The Morgan fingerprint density at radius 2 is 1.86 bits per heavy atom. The highest BCUT2D eigenvalue weighted by Gasteiger charge is 2.30. The monoisotopic (exact) mass is 300 g/mol. The van der Waals surface area contributed by atoms with Crippen molar-refractivity contribution in [1.29, 1.82) is 0 Å². The molecule has 0 aromatic carbocycles. The summed E-state index contributed by atoms with van der Waals surface area (Å²) in [6.07, 6.45) is 1.75. The number of rotatable bonds is 12. The van der Waals surface area contributed by atoms with Crippen molar-refractivity contribution in [1.82, 2.24) is 15.1 Å². The fourth-order valence-electron chi connectivity index (χ4n) is 2.23. The molecule has 0 spiro atoms. The lowest BCUT2D eigenvalue weighted by molar-refractivity contribution is -0.124. The molecule has 0 radical (unpaired) electrons. The van der Waals surface area contributed by atoms with Crippen LogP contribution in [0.3, 0.4) is 0 Å². The summed E-state index contributed by atoms with van der Waals surface area (Å²) in [5, 5.41) is 3.31. The minimum Gasteiger partial charge on any atom is -0.368 e. The second kappa shape index (κ2) is 10.1. The Balaban J connectivity index is 4.55. The predicted octanol–water partition coefficient (Wildman–Crippen LogP) is 1.14. The lowest BCUT2D eigenvalue weighted by Crippen LogP contribution is -2.55. The molecule has 1 amide bonds. The average Bonchev–Trinajstić information content (AvgIpc) is 2.38. The van der Waals surface area contributed by atoms with Gasteiger partial charge in [0.2, 0.25) is 5.91 Å². The van der Waals surface area contributed by atoms with Gasteiger partial charge in [0, 0.05) is 26.2 Å². The predicted molar refractivity (Wildman–Crippen MR) is 90.3 cm³/mol. The number of nitrogens with zero attached hydrogens (tertiary/aromatic N) is 2. The fraction of sp³-hybridized carbons (Fsp3) is 0.938. The molecule has 1 atom stereocenters. The molecule has 0 aliphatic rings. The van der Waals surface area contributed by atoms with Crippen molar-refractivity contribution in [3.8, 4) is 0 Å². The van der Waals surface area contributed by atoms with E-state index in [0.717, 1.165) is 45.6 Å². The summed E-state index contributed by atoms with van der Waals surface area (Å²) in [5.41, 5.74) is 4.99. The number of likely N-dealkylation sites (N-methyl/N-ethyl adjacent to an activating group) is 1. The lowest BCUT2D eigenvalue weighted by Gasteiger charge is -2.32. The molecule has 0 aliphatic carbocycles. The minimum atomic E-state index is -0.608. The van der Waals surface area contributed by atoms with E-state index in [1.165, 1.54) is 0 Å². The van der Waals surface area contributed by atoms with Gasteiger partial charge in [-0.25, -0.2) is 0 Å². The zero-order chi connectivity index (χ0) is 16.5. The van der Waals surface area contributed by atoms with Crippen LogP contribution in [0.15, 0.2) is 0 Å². The number of hydrogen-bond acceptors (Lipinski definition) is 4. The van der Waals surface area contributed by atoms with Crippen molar-refractivity contribution >= 4 is 5.91 Å². The molecule has 1 unspecified atom stereocenters. The van der Waals surface area contributed by atoms with Gasteiger partial charge in [0.1, 0.15) is 0 Å². The van der Waals surface area contributed by atoms with Gasteiger partial charge < -0.3 is 20.9 Å². The van der Waals surface area contributed by atoms with Gasteiger partial charge in [-0.1, -0.05) is 20.8 Å². The van der Waals surface area contributed by atoms with E-state index in [2.05, 4.69) is 50.0 Å². The highest BCUT2D eigenvalue weighted by atomic mass is 16.1. The van der Waals surface area contributed by atoms with Crippen LogP contribution in [0.4, 0.5) is 0 Å². The third-order valence-electron chi connectivity index (χ3n) is 3.72. The standard InChI is InChI=1S/C16H36N4O/c1-7-9-18-16(4,15(17)21)8-10-20(13-14(2)3)12-11-19(5)6/h14,18H,7-13H2,1-6H3,(H2,17,21). The molecule has 5 nitrogen and oxygen atoms in total. The highest BCUT2D eigenvalue weighted by Crippen LogP contribution is 2.11. The topological polar surface area (TPSA) is 61.6 Å². The Hall–Kier alpha value is -0.650. The Morgan fingerprint density at radius 1 is 1.24 bits per heavy atom. The van der Waals surface area contributed by atoms with Gasteiger partial charge in [-0.3, -0.25) is 4.79 Å². The molecule has 5 heteroatoms. The molecule has 0 aromatic heterocycles. The van der Waals surface area contributed by atoms with Crippen molar-refractivity contribution in [3.05, 3.63) is 0 Å². The van der Waals surface area contributed by atoms with E-state index >= 15 is 0 Å². The third kappa shape index (κ3) is 9.06. The van der Waals surface area contributed by atoms with Gasteiger partial charge in [0.15, 0.2) is 0 Å². The van der Waals surface area contributed by atoms with Crippen molar-refractivity contribution in [2.75, 3.05) is 46.8 Å². The maximum Gasteiger partial charge on any atom is 0.237 e. The van der Waals surface area contributed by atoms with Crippen molar-refractivity contribution < 1.29 is 4.79 Å². The van der Waals surface area contributed by atoms with Gasteiger partial charge in [-0.2, -0.15) is 0 Å². The fourth-order valence-corrected chi connectivity index (χ4v) is 2.23. The van der Waals surface area contributed by atoms with E-state index in [9.17, 15) is 4.79 Å². The summed E-state index contributed by atoms with van der Waals surface area (Å²) in [6, 6.07) is 0. The zero-order valence-electron chi connectivity index (χ0n) is 14.9. The first kappa shape index (κ1) is 20.3. The van der Waals surface area contributed by atoms with E-state index in [0.29, 0.717) is 5.92 Å². The SMILES string of the molecule is CCCNC(C)(CCN(CCN(C)C)CC(C)C)C(N)=O. The smallest absolute Gasteiger partial charge is 0.237 e. The summed E-state index contributed by atoms with van der Waals surface area (Å²) < 4.78 is 0. The summed E-state index contributed by atoms with van der Waals surface area (Å²) in [6.45, 7) is 13.3. The van der Waals surface area contributed by atoms with Crippen LogP contribution in [-0.2, 0) is 4.79 Å². The number of hydrogen-bond donors (Lipinski definition) is 2. The van der Waals surface area contributed by atoms with Crippen LogP contribution in [0.5, 0.6) is 0 Å². The summed E-state index contributed by atoms with van der Waals surface area (Å²) in [7, 11) is 4.17. The summed E-state index contributed by atoms with van der Waals surface area (Å²) in [5.74, 6) is 0.364. The second-order valence-electron chi connectivity index (χ2n) is 6.87. The minimum absolute atomic E-state index is 0.256. The van der Waals surface area contributed by atoms with Crippen molar-refractivity contribution in [3.63, 3.8) is 0 Å². The van der Waals surface area contributed by atoms with Crippen LogP contribution in [0, 0.1) is 5.92 Å². The molecule has 0 aromatic rings. The van der Waals surface area contributed by atoms with Crippen LogP contribution in [0.25, 0.3) is 0 Å². The highest BCUT2D eigenvalue weighted by molar-refractivity contribution is 5.84. The van der Waals surface area contributed by atoms with Crippen LogP contribution in [0.2, 0.25) is 0 Å². The molecule has 21 heavy (non-hydrogen) atoms. The Bertz CT molecular complexity index is 294. The maximum atomic E-state index is 11.8. The van der Waals surface area contributed by atoms with Crippen LogP contribution >= 0.6 is 0 Å². The third-order valence-corrected chi connectivity index (χ3v) is 3.72. The van der Waals surface area contributed by atoms with Gasteiger partial charge in [-0.05, 0) is 46.3 Å². The van der Waals surface area contributed by atoms with Crippen LogP contribution in [0.1, 0.15) is 40.5 Å². The molecule has 0 fully saturated rings. The van der Waals surface area contributed by atoms with Gasteiger partial charge in [-0.15, -0.1) is 0 Å². The first-order chi connectivity index (χ1) is 9.71. The van der Waals surface area contributed by atoms with Gasteiger partial charge >= 0.3 is 0 Å². The number of primary amides is 1. The Labute approximate surface area is 131 Å². The molecular formula is C16H36N4O. The molecule has 0 saturated heterocycles.